The lowest BCUT2D eigenvalue weighted by Gasteiger charge is -1.67. The van der Waals surface area contributed by atoms with E-state index in [-0.39, 0.29) is 0 Å². The van der Waals surface area contributed by atoms with E-state index in [1.807, 2.05) is 0 Å². The molecular weight excluding hydrogens is 119 g/mol. The molecular formula is F3NOS. The second-order valence-electron chi connectivity index (χ2n) is 0.466. The Labute approximate surface area is 32.7 Å². The third-order valence-corrected chi connectivity index (χ3v) is 0.241. The summed E-state index contributed by atoms with van der Waals surface area (Å²) in [7, 11) is -5.45. The lowest BCUT2D eigenvalue weighted by atomic mass is 13.8. The number of hydrogen-bond donors (Lipinski definition) is 0. The zero-order valence-corrected chi connectivity index (χ0v) is 3.21. The maximum atomic E-state index is 10.4. The zero-order valence-electron chi connectivity index (χ0n) is 2.40. The molecule has 0 fully saturated rings. The summed E-state index contributed by atoms with van der Waals surface area (Å²) in [6.07, 6.45) is 0. The second kappa shape index (κ2) is 1.46. The summed E-state index contributed by atoms with van der Waals surface area (Å²) in [4.78, 5) is 0. The highest BCUT2D eigenvalue weighted by atomic mass is 32.3. The molecule has 0 aromatic carbocycles. The van der Waals surface area contributed by atoms with Crippen molar-refractivity contribution in [3.63, 3.8) is 0 Å². The van der Waals surface area contributed by atoms with Crippen LogP contribution in [0.5, 0.6) is 0 Å². The molecule has 0 saturated carbocycles. The maximum Gasteiger partial charge on any atom is 0.397 e. The van der Waals surface area contributed by atoms with Crippen LogP contribution in [-0.2, 0) is 10.5 Å². The Bertz CT molecular complexity index is 124. The van der Waals surface area contributed by atoms with Gasteiger partial charge in [0.25, 0.3) is 0 Å². The lowest BCUT2D eigenvalue weighted by Crippen LogP contribution is -1.68. The van der Waals surface area contributed by atoms with Crippen molar-refractivity contribution < 1.29 is 16.5 Å². The molecule has 2 nitrogen and oxygen atoms in total. The Morgan fingerprint density at radius 1 is 1.50 bits per heavy atom. The summed E-state index contributed by atoms with van der Waals surface area (Å²) >= 11 is 0. The van der Waals surface area contributed by atoms with Crippen LogP contribution < -0.4 is 0 Å². The Hall–Kier alpha value is -0.260. The van der Waals surface area contributed by atoms with E-state index < -0.39 is 10.5 Å². The Morgan fingerprint density at radius 2 is 1.67 bits per heavy atom. The molecule has 0 aromatic rings. The summed E-state index contributed by atoms with van der Waals surface area (Å²) in [5.41, 5.74) is 0. The molecule has 0 N–H and O–H groups in total. The quantitative estimate of drug-likeness (QED) is 0.439. The van der Waals surface area contributed by atoms with Gasteiger partial charge in [0.2, 0.25) is 0 Å². The molecule has 0 aliphatic rings. The lowest BCUT2D eigenvalue weighted by molar-refractivity contribution is 0.501. The Balaban J connectivity index is 4.24. The molecule has 0 aliphatic heterocycles. The predicted octanol–water partition coefficient (Wildman–Crippen LogP) is 1.11. The standard InChI is InChI=1S/F3NOS/c1-4-6(2,3)5. The van der Waals surface area contributed by atoms with Gasteiger partial charge in [0.05, 0.1) is 0 Å². The van der Waals surface area contributed by atoms with E-state index in [2.05, 4.69) is 0 Å². The molecule has 0 heterocycles. The van der Waals surface area contributed by atoms with Crippen molar-refractivity contribution >= 4 is 10.5 Å². The van der Waals surface area contributed by atoms with Crippen molar-refractivity contribution in [3.05, 3.63) is 0 Å². The molecule has 0 bridgehead atoms. The molecule has 0 rings (SSSR count). The molecule has 0 atom stereocenters. The highest BCUT2D eigenvalue weighted by Crippen LogP contribution is 1.96. The Morgan fingerprint density at radius 3 is 1.67 bits per heavy atom. The van der Waals surface area contributed by atoms with E-state index >= 15 is 0 Å². The molecule has 0 aliphatic carbocycles. The number of hydrogen-bond acceptors (Lipinski definition) is 2. The van der Waals surface area contributed by atoms with E-state index in [1.165, 1.54) is 0 Å². The van der Waals surface area contributed by atoms with Crippen molar-refractivity contribution in [2.24, 2.45) is 4.58 Å². The minimum atomic E-state index is -5.45. The topological polar surface area (TPSA) is 29.4 Å². The average Bonchev–Trinajstić information content (AvgIpc) is 1.35. The maximum absolute atomic E-state index is 10.4. The third-order valence-electron chi connectivity index (χ3n) is 0.0803. The second-order valence-corrected chi connectivity index (χ2v) is 1.40. The fraction of sp³-hybridized carbons (Fsp3) is 0. The summed E-state index contributed by atoms with van der Waals surface area (Å²) < 4.78 is 40.4. The minimum absolute atomic E-state index is 0.715. The molecule has 0 unspecified atom stereocenters. The molecule has 0 saturated heterocycles. The smallest absolute Gasteiger partial charge is 0.178 e. The van der Waals surface area contributed by atoms with Gasteiger partial charge in [0.1, 0.15) is 0 Å². The highest BCUT2D eigenvalue weighted by molar-refractivity contribution is 7.83. The molecule has 0 radical (unpaired) electrons. The monoisotopic (exact) mass is 119 g/mol. The Kier molecular flexibility index (Phi) is 1.40. The average molecular weight is 119 g/mol. The van der Waals surface area contributed by atoms with Crippen LogP contribution in [0.4, 0.5) is 12.3 Å². The fourth-order valence-electron chi connectivity index (χ4n) is 0. The third kappa shape index (κ3) is 3.74. The summed E-state index contributed by atoms with van der Waals surface area (Å²) in [6.45, 7) is 0. The van der Waals surface area contributed by atoms with Gasteiger partial charge in [-0.1, -0.05) is 12.3 Å². The summed E-state index contributed by atoms with van der Waals surface area (Å²) in [5, 5.41) is 0. The van der Waals surface area contributed by atoms with Gasteiger partial charge in [-0.2, -0.15) is 4.21 Å². The normalized spacial score (nSPS) is 11.2. The predicted molar refractivity (Wildman–Crippen MR) is 13.9 cm³/mol. The van der Waals surface area contributed by atoms with Crippen molar-refractivity contribution in [2.75, 3.05) is 0 Å². The van der Waals surface area contributed by atoms with Crippen LogP contribution in [0, 0.1) is 0 Å². The fourth-order valence-corrected chi connectivity index (χ4v) is 0. The van der Waals surface area contributed by atoms with Crippen molar-refractivity contribution in [1.29, 1.82) is 0 Å². The summed E-state index contributed by atoms with van der Waals surface area (Å²) in [6, 6.07) is 0. The first kappa shape index (κ1) is 5.74. The first-order valence-corrected chi connectivity index (χ1v) is 2.14. The largest absolute Gasteiger partial charge is 0.397 e. The van der Waals surface area contributed by atoms with Gasteiger partial charge in [-0.05, 0) is 0 Å². The number of nitrogens with zero attached hydrogens (tertiary/aromatic N) is 1. The minimum Gasteiger partial charge on any atom is -0.178 e. The van der Waals surface area contributed by atoms with Gasteiger partial charge in [0, 0.05) is 4.58 Å². The van der Waals surface area contributed by atoms with Crippen molar-refractivity contribution in [2.45, 2.75) is 0 Å². The van der Waals surface area contributed by atoms with Crippen LogP contribution in [-0.4, -0.2) is 4.21 Å². The van der Waals surface area contributed by atoms with Crippen molar-refractivity contribution in [3.8, 4) is 0 Å². The first-order chi connectivity index (χ1) is 2.56. The van der Waals surface area contributed by atoms with Gasteiger partial charge in [-0.3, -0.25) is 0 Å². The zero-order chi connectivity index (χ0) is 5.21. The number of halogens is 3. The molecule has 0 aromatic heterocycles. The van der Waals surface area contributed by atoms with Crippen LogP contribution in [0.15, 0.2) is 4.58 Å². The SMILES string of the molecule is O=S(F)(F)=NF. The van der Waals surface area contributed by atoms with Crippen LogP contribution in [0.2, 0.25) is 0 Å². The number of rotatable bonds is 0. The van der Waals surface area contributed by atoms with E-state index in [0.29, 0.717) is 4.58 Å². The van der Waals surface area contributed by atoms with E-state index in [1.54, 1.807) is 0 Å². The molecule has 38 valence electrons. The van der Waals surface area contributed by atoms with Gasteiger partial charge >= 0.3 is 10.5 Å². The first-order valence-electron chi connectivity index (χ1n) is 0.827. The van der Waals surface area contributed by atoms with E-state index in [9.17, 15) is 12.3 Å². The van der Waals surface area contributed by atoms with Crippen LogP contribution >= 0.6 is 0 Å². The highest BCUT2D eigenvalue weighted by Gasteiger charge is 1.96. The molecule has 6 heavy (non-hydrogen) atoms. The molecule has 0 spiro atoms. The van der Waals surface area contributed by atoms with E-state index in [0.717, 1.165) is 0 Å². The van der Waals surface area contributed by atoms with Gasteiger partial charge in [-0.25, -0.2) is 0 Å². The summed E-state index contributed by atoms with van der Waals surface area (Å²) in [5.74, 6) is 0. The van der Waals surface area contributed by atoms with Gasteiger partial charge in [-0.15, -0.1) is 0 Å². The van der Waals surface area contributed by atoms with Gasteiger partial charge in [0.15, 0.2) is 0 Å². The molecule has 6 heteroatoms. The van der Waals surface area contributed by atoms with Crippen LogP contribution in [0.3, 0.4) is 0 Å². The molecule has 0 amide bonds. The van der Waals surface area contributed by atoms with E-state index in [4.69, 9.17) is 4.21 Å². The van der Waals surface area contributed by atoms with Gasteiger partial charge < -0.3 is 0 Å². The van der Waals surface area contributed by atoms with Crippen LogP contribution in [0.1, 0.15) is 0 Å². The van der Waals surface area contributed by atoms with Crippen molar-refractivity contribution in [1.82, 2.24) is 0 Å². The van der Waals surface area contributed by atoms with Crippen LogP contribution in [0.25, 0.3) is 0 Å².